The minimum absolute atomic E-state index is 0.0596. The molecule has 2 amide bonds. The van der Waals surface area contributed by atoms with Crippen LogP contribution in [0.5, 0.6) is 0 Å². The van der Waals surface area contributed by atoms with Gasteiger partial charge in [0, 0.05) is 11.6 Å². The zero-order valence-electron chi connectivity index (χ0n) is 12.5. The molecule has 2 atom stereocenters. The van der Waals surface area contributed by atoms with Gasteiger partial charge in [0.25, 0.3) is 0 Å². The molecule has 0 aromatic rings. The SMILES string of the molecule is CC(N)C(C(=O)NC(C)(C)C)N1CCCC1.NC=O. The molecule has 0 spiro atoms. The molecule has 2 unspecified atom stereocenters. The van der Waals surface area contributed by atoms with Crippen LogP contribution in [-0.2, 0) is 9.59 Å². The van der Waals surface area contributed by atoms with Crippen molar-refractivity contribution >= 4 is 12.3 Å². The number of carbonyl (C=O) groups is 2. The minimum Gasteiger partial charge on any atom is -0.372 e. The van der Waals surface area contributed by atoms with Gasteiger partial charge in [-0.15, -0.1) is 0 Å². The van der Waals surface area contributed by atoms with Crippen LogP contribution in [0.1, 0.15) is 40.5 Å². The van der Waals surface area contributed by atoms with Gasteiger partial charge in [-0.05, 0) is 53.6 Å². The van der Waals surface area contributed by atoms with Crippen LogP contribution in [0.3, 0.4) is 0 Å². The zero-order valence-corrected chi connectivity index (χ0v) is 12.5. The molecule has 19 heavy (non-hydrogen) atoms. The molecule has 6 nitrogen and oxygen atoms in total. The van der Waals surface area contributed by atoms with E-state index in [-0.39, 0.29) is 29.9 Å². The third-order valence-electron chi connectivity index (χ3n) is 2.80. The number of nitrogens with zero attached hydrogens (tertiary/aromatic N) is 1. The van der Waals surface area contributed by atoms with Gasteiger partial charge in [0.15, 0.2) is 0 Å². The summed E-state index contributed by atoms with van der Waals surface area (Å²) in [5.41, 5.74) is 9.91. The Morgan fingerprint density at radius 3 is 2.05 bits per heavy atom. The number of rotatable bonds is 3. The average molecular weight is 272 g/mol. The van der Waals surface area contributed by atoms with Crippen LogP contribution >= 0.6 is 0 Å². The van der Waals surface area contributed by atoms with Crippen molar-refractivity contribution in [1.82, 2.24) is 10.2 Å². The summed E-state index contributed by atoms with van der Waals surface area (Å²) in [6, 6.07) is -0.304. The van der Waals surface area contributed by atoms with Crippen molar-refractivity contribution in [3.8, 4) is 0 Å². The summed E-state index contributed by atoms with van der Waals surface area (Å²) in [6.45, 7) is 9.87. The van der Waals surface area contributed by atoms with Gasteiger partial charge >= 0.3 is 0 Å². The molecule has 1 saturated heterocycles. The lowest BCUT2D eigenvalue weighted by molar-refractivity contribution is -0.128. The van der Waals surface area contributed by atoms with Crippen molar-refractivity contribution in [1.29, 1.82) is 0 Å². The van der Waals surface area contributed by atoms with Crippen LogP contribution in [0.2, 0.25) is 0 Å². The molecule has 5 N–H and O–H groups in total. The van der Waals surface area contributed by atoms with E-state index in [1.165, 1.54) is 12.8 Å². The molecule has 1 aliphatic rings. The smallest absolute Gasteiger partial charge is 0.239 e. The standard InChI is InChI=1S/C12H25N3O.CH3NO/c1-9(13)10(15-7-5-6-8-15)11(16)14-12(2,3)4;2-1-3/h9-10H,5-8,13H2,1-4H3,(H,14,16);1H,(H2,2,3). The molecular formula is C13H28N4O2. The second-order valence-electron chi connectivity index (χ2n) is 5.92. The second-order valence-corrected chi connectivity index (χ2v) is 5.92. The van der Waals surface area contributed by atoms with E-state index in [1.807, 2.05) is 27.7 Å². The number of carbonyl (C=O) groups excluding carboxylic acids is 2. The van der Waals surface area contributed by atoms with E-state index in [9.17, 15) is 4.79 Å². The van der Waals surface area contributed by atoms with Crippen molar-refractivity contribution in [2.45, 2.75) is 58.2 Å². The quantitative estimate of drug-likeness (QED) is 0.620. The number of primary amides is 1. The average Bonchev–Trinajstić information content (AvgIpc) is 2.68. The van der Waals surface area contributed by atoms with E-state index < -0.39 is 0 Å². The maximum atomic E-state index is 12.2. The highest BCUT2D eigenvalue weighted by Gasteiger charge is 2.32. The summed E-state index contributed by atoms with van der Waals surface area (Å²) >= 11 is 0. The van der Waals surface area contributed by atoms with Crippen LogP contribution in [0.15, 0.2) is 0 Å². The Hall–Kier alpha value is -1.14. The fourth-order valence-electron chi connectivity index (χ4n) is 2.20. The Labute approximate surface area is 115 Å². The van der Waals surface area contributed by atoms with Gasteiger partial charge in [-0.1, -0.05) is 0 Å². The van der Waals surface area contributed by atoms with Gasteiger partial charge in [-0.25, -0.2) is 0 Å². The van der Waals surface area contributed by atoms with Crippen LogP contribution in [0.4, 0.5) is 0 Å². The Morgan fingerprint density at radius 2 is 1.74 bits per heavy atom. The first-order chi connectivity index (χ1) is 8.72. The van der Waals surface area contributed by atoms with Crippen LogP contribution in [0.25, 0.3) is 0 Å². The van der Waals surface area contributed by atoms with Gasteiger partial charge < -0.3 is 16.8 Å². The van der Waals surface area contributed by atoms with Crippen molar-refractivity contribution in [3.05, 3.63) is 0 Å². The van der Waals surface area contributed by atoms with Gasteiger partial charge in [0.2, 0.25) is 12.3 Å². The van der Waals surface area contributed by atoms with Crippen molar-refractivity contribution in [2.24, 2.45) is 11.5 Å². The van der Waals surface area contributed by atoms with E-state index in [2.05, 4.69) is 16.0 Å². The van der Waals surface area contributed by atoms with Gasteiger partial charge in [0.05, 0.1) is 0 Å². The number of hydrogen-bond acceptors (Lipinski definition) is 4. The van der Waals surface area contributed by atoms with E-state index in [1.54, 1.807) is 0 Å². The second kappa shape index (κ2) is 8.12. The Morgan fingerprint density at radius 1 is 1.32 bits per heavy atom. The predicted octanol–water partition coefficient (Wildman–Crippen LogP) is -0.186. The molecule has 1 heterocycles. The lowest BCUT2D eigenvalue weighted by Crippen LogP contribution is -2.57. The van der Waals surface area contributed by atoms with Crippen LogP contribution < -0.4 is 16.8 Å². The van der Waals surface area contributed by atoms with E-state index in [0.29, 0.717) is 0 Å². The molecular weight excluding hydrogens is 244 g/mol. The largest absolute Gasteiger partial charge is 0.372 e. The first-order valence-electron chi connectivity index (χ1n) is 6.70. The Kier molecular flexibility index (Phi) is 7.63. The molecule has 0 radical (unpaired) electrons. The summed E-state index contributed by atoms with van der Waals surface area (Å²) in [5.74, 6) is 0.0596. The fraction of sp³-hybridized carbons (Fsp3) is 0.846. The summed E-state index contributed by atoms with van der Waals surface area (Å²) < 4.78 is 0. The number of amides is 2. The molecule has 0 aromatic heterocycles. The van der Waals surface area contributed by atoms with E-state index in [0.717, 1.165) is 13.1 Å². The maximum Gasteiger partial charge on any atom is 0.239 e. The zero-order chi connectivity index (χ0) is 15.1. The fourth-order valence-corrected chi connectivity index (χ4v) is 2.20. The summed E-state index contributed by atoms with van der Waals surface area (Å²) in [5, 5.41) is 3.02. The minimum atomic E-state index is -0.191. The third kappa shape index (κ3) is 7.12. The third-order valence-corrected chi connectivity index (χ3v) is 2.80. The highest BCUT2D eigenvalue weighted by molar-refractivity contribution is 5.83. The molecule has 0 bridgehead atoms. The first kappa shape index (κ1) is 17.9. The molecule has 112 valence electrons. The molecule has 0 aliphatic carbocycles. The summed E-state index contributed by atoms with van der Waals surface area (Å²) in [6.07, 6.45) is 2.60. The molecule has 1 aliphatic heterocycles. The van der Waals surface area contributed by atoms with E-state index >= 15 is 0 Å². The number of likely N-dealkylation sites (tertiary alicyclic amines) is 1. The summed E-state index contributed by atoms with van der Waals surface area (Å²) in [7, 11) is 0. The van der Waals surface area contributed by atoms with Gasteiger partial charge in [-0.3, -0.25) is 14.5 Å². The molecule has 0 aromatic carbocycles. The van der Waals surface area contributed by atoms with Crippen molar-refractivity contribution in [2.75, 3.05) is 13.1 Å². The van der Waals surface area contributed by atoms with Gasteiger partial charge in [-0.2, -0.15) is 0 Å². The molecule has 0 saturated carbocycles. The number of hydrogen-bond donors (Lipinski definition) is 3. The topological polar surface area (TPSA) is 101 Å². The molecule has 6 heteroatoms. The van der Waals surface area contributed by atoms with Crippen LogP contribution in [-0.4, -0.2) is 47.9 Å². The number of nitrogens with two attached hydrogens (primary N) is 2. The van der Waals surface area contributed by atoms with Crippen LogP contribution in [0, 0.1) is 0 Å². The predicted molar refractivity (Wildman–Crippen MR) is 76.4 cm³/mol. The Bertz CT molecular complexity index is 281. The van der Waals surface area contributed by atoms with Crippen molar-refractivity contribution < 1.29 is 9.59 Å². The maximum absolute atomic E-state index is 12.2. The molecule has 1 rings (SSSR count). The molecule has 1 fully saturated rings. The normalized spacial score (nSPS) is 19.0. The summed E-state index contributed by atoms with van der Waals surface area (Å²) in [4.78, 5) is 22.9. The highest BCUT2D eigenvalue weighted by Crippen LogP contribution is 2.14. The Balaban J connectivity index is 0.000000982. The lowest BCUT2D eigenvalue weighted by atomic mass is 10.0. The van der Waals surface area contributed by atoms with E-state index in [4.69, 9.17) is 10.5 Å². The first-order valence-corrected chi connectivity index (χ1v) is 6.70. The van der Waals surface area contributed by atoms with Gasteiger partial charge in [0.1, 0.15) is 6.04 Å². The lowest BCUT2D eigenvalue weighted by Gasteiger charge is -2.32. The monoisotopic (exact) mass is 272 g/mol. The van der Waals surface area contributed by atoms with Crippen molar-refractivity contribution in [3.63, 3.8) is 0 Å². The highest BCUT2D eigenvalue weighted by atomic mass is 16.2. The number of nitrogens with one attached hydrogen (secondary N) is 1.